The van der Waals surface area contributed by atoms with E-state index in [1.807, 2.05) is 5.32 Å². The molecule has 9 heteroatoms. The van der Waals surface area contributed by atoms with Gasteiger partial charge in [-0.25, -0.2) is 9.18 Å². The number of thioether (sulfide) groups is 1. The molecular weight excluding hydrogens is 377 g/mol. The number of rotatable bonds is 4. The number of anilines is 1. The predicted molar refractivity (Wildman–Crippen MR) is 90.9 cm³/mol. The van der Waals surface area contributed by atoms with Crippen LogP contribution in [0.2, 0.25) is 5.02 Å². The first-order valence-electron chi connectivity index (χ1n) is 6.89. The summed E-state index contributed by atoms with van der Waals surface area (Å²) in [4.78, 5) is 24.2. The molecule has 2 aromatic rings. The van der Waals surface area contributed by atoms with Crippen molar-refractivity contribution >= 4 is 41.0 Å². The molecule has 2 rings (SSSR count). The Morgan fingerprint density at radius 1 is 1.20 bits per heavy atom. The first-order valence-corrected chi connectivity index (χ1v) is 8.15. The normalized spacial score (nSPS) is 10.6. The van der Waals surface area contributed by atoms with Crippen molar-refractivity contribution < 1.29 is 22.8 Å². The van der Waals surface area contributed by atoms with Crippen LogP contribution in [0.4, 0.5) is 23.7 Å². The summed E-state index contributed by atoms with van der Waals surface area (Å²) in [7, 11) is 0. The molecule has 0 aromatic heterocycles. The maximum Gasteiger partial charge on any atom is 0.326 e. The summed E-state index contributed by atoms with van der Waals surface area (Å²) in [5.41, 5.74) is 0.381. The minimum Gasteiger partial charge on any atom is -0.308 e. The minimum atomic E-state index is -2.55. The Hall–Kier alpha value is -2.19. The lowest BCUT2D eigenvalue weighted by Gasteiger charge is -2.10. The van der Waals surface area contributed by atoms with Crippen molar-refractivity contribution in [2.45, 2.75) is 17.6 Å². The number of imide groups is 1. The molecular formula is C16H12ClF3N2O2S. The van der Waals surface area contributed by atoms with Crippen LogP contribution in [-0.2, 0) is 0 Å². The average Bonchev–Trinajstić information content (AvgIpc) is 2.49. The van der Waals surface area contributed by atoms with Crippen LogP contribution in [0.5, 0.6) is 0 Å². The lowest BCUT2D eigenvalue weighted by molar-refractivity contribution is 0.0963. The van der Waals surface area contributed by atoms with Crippen molar-refractivity contribution in [1.29, 1.82) is 0 Å². The van der Waals surface area contributed by atoms with E-state index >= 15 is 0 Å². The van der Waals surface area contributed by atoms with E-state index in [2.05, 4.69) is 5.32 Å². The molecule has 0 atom stereocenters. The zero-order valence-corrected chi connectivity index (χ0v) is 14.4. The van der Waals surface area contributed by atoms with Gasteiger partial charge in [0, 0.05) is 10.6 Å². The summed E-state index contributed by atoms with van der Waals surface area (Å²) in [5, 5.41) is 4.19. The van der Waals surface area contributed by atoms with E-state index in [1.165, 1.54) is 30.3 Å². The third-order valence-corrected chi connectivity index (χ3v) is 4.27. The summed E-state index contributed by atoms with van der Waals surface area (Å²) in [5.74, 6) is -4.41. The Labute approximate surface area is 150 Å². The number of halogens is 4. The Morgan fingerprint density at radius 2 is 1.92 bits per heavy atom. The third-order valence-electron chi connectivity index (χ3n) is 3.07. The molecule has 132 valence electrons. The molecule has 3 amide bonds. The van der Waals surface area contributed by atoms with Gasteiger partial charge in [-0.2, -0.15) is 8.78 Å². The Bertz CT molecular complexity index is 798. The molecule has 2 aromatic carbocycles. The maximum absolute atomic E-state index is 13.6. The van der Waals surface area contributed by atoms with Gasteiger partial charge in [0.15, 0.2) is 0 Å². The molecule has 0 spiro atoms. The van der Waals surface area contributed by atoms with Gasteiger partial charge < -0.3 is 5.32 Å². The van der Waals surface area contributed by atoms with Gasteiger partial charge in [-0.05, 0) is 42.8 Å². The highest BCUT2D eigenvalue weighted by molar-refractivity contribution is 7.99. The van der Waals surface area contributed by atoms with Gasteiger partial charge in [-0.1, -0.05) is 29.4 Å². The van der Waals surface area contributed by atoms with Gasteiger partial charge in [0.1, 0.15) is 5.82 Å². The molecule has 0 saturated heterocycles. The average molecular weight is 389 g/mol. The highest BCUT2D eigenvalue weighted by atomic mass is 35.5. The Balaban J connectivity index is 2.05. The number of alkyl halides is 2. The van der Waals surface area contributed by atoms with E-state index in [4.69, 9.17) is 11.6 Å². The Morgan fingerprint density at radius 3 is 2.52 bits per heavy atom. The fraction of sp³-hybridized carbons (Fsp3) is 0.125. The summed E-state index contributed by atoms with van der Waals surface area (Å²) in [6.07, 6.45) is 0. The largest absolute Gasteiger partial charge is 0.326 e. The summed E-state index contributed by atoms with van der Waals surface area (Å²) in [6.45, 7) is 1.61. The van der Waals surface area contributed by atoms with E-state index in [-0.39, 0.29) is 5.02 Å². The van der Waals surface area contributed by atoms with Crippen molar-refractivity contribution in [3.63, 3.8) is 0 Å². The summed E-state index contributed by atoms with van der Waals surface area (Å²) >= 11 is 6.14. The van der Waals surface area contributed by atoms with Crippen LogP contribution in [0.25, 0.3) is 0 Å². The van der Waals surface area contributed by atoms with Crippen LogP contribution in [-0.4, -0.2) is 17.7 Å². The second-order valence-corrected chi connectivity index (χ2v) is 6.30. The predicted octanol–water partition coefficient (Wildman–Crippen LogP) is 5.06. The molecule has 0 aliphatic rings. The molecule has 2 N–H and O–H groups in total. The number of carbonyl (C=O) groups excluding carboxylic acids is 2. The van der Waals surface area contributed by atoms with Crippen molar-refractivity contribution in [2.24, 2.45) is 0 Å². The van der Waals surface area contributed by atoms with Crippen LogP contribution < -0.4 is 10.6 Å². The SMILES string of the molecule is Cc1cc(NC(=O)NC(=O)c2c(F)cccc2Cl)ccc1SC(F)F. The van der Waals surface area contributed by atoms with Crippen molar-refractivity contribution in [2.75, 3.05) is 5.32 Å². The quantitative estimate of drug-likeness (QED) is 0.719. The molecule has 0 unspecified atom stereocenters. The molecule has 0 aliphatic heterocycles. The first-order chi connectivity index (χ1) is 11.8. The van der Waals surface area contributed by atoms with Gasteiger partial charge >= 0.3 is 6.03 Å². The highest BCUT2D eigenvalue weighted by Crippen LogP contribution is 2.29. The number of carbonyl (C=O) groups is 2. The third kappa shape index (κ3) is 5.14. The van der Waals surface area contributed by atoms with Crippen LogP contribution >= 0.6 is 23.4 Å². The van der Waals surface area contributed by atoms with E-state index < -0.39 is 29.1 Å². The van der Waals surface area contributed by atoms with Crippen LogP contribution in [0.15, 0.2) is 41.3 Å². The number of urea groups is 1. The van der Waals surface area contributed by atoms with E-state index in [0.29, 0.717) is 27.9 Å². The Kier molecular flexibility index (Phi) is 6.33. The smallest absolute Gasteiger partial charge is 0.308 e. The topological polar surface area (TPSA) is 58.2 Å². The molecule has 0 radical (unpaired) electrons. The second-order valence-electron chi connectivity index (χ2n) is 4.86. The lowest BCUT2D eigenvalue weighted by Crippen LogP contribution is -2.35. The zero-order valence-electron chi connectivity index (χ0n) is 12.8. The number of nitrogens with one attached hydrogen (secondary N) is 2. The molecule has 25 heavy (non-hydrogen) atoms. The van der Waals surface area contributed by atoms with Gasteiger partial charge in [-0.15, -0.1) is 0 Å². The molecule has 0 heterocycles. The van der Waals surface area contributed by atoms with Crippen LogP contribution in [0, 0.1) is 12.7 Å². The maximum atomic E-state index is 13.6. The standard InChI is InChI=1S/C16H12ClF3N2O2S/c1-8-7-9(5-6-12(8)25-15(19)20)21-16(24)22-14(23)13-10(17)3-2-4-11(13)18/h2-7,15H,1H3,(H2,21,22,23,24). The van der Waals surface area contributed by atoms with Gasteiger partial charge in [0.25, 0.3) is 11.7 Å². The lowest BCUT2D eigenvalue weighted by atomic mass is 10.2. The number of hydrogen-bond acceptors (Lipinski definition) is 3. The highest BCUT2D eigenvalue weighted by Gasteiger charge is 2.18. The monoisotopic (exact) mass is 388 g/mol. The molecule has 4 nitrogen and oxygen atoms in total. The number of amides is 3. The molecule has 0 bridgehead atoms. The van der Waals surface area contributed by atoms with Gasteiger partial charge in [-0.3, -0.25) is 10.1 Å². The minimum absolute atomic E-state index is 0.130. The van der Waals surface area contributed by atoms with E-state index in [0.717, 1.165) is 6.07 Å². The van der Waals surface area contributed by atoms with E-state index in [9.17, 15) is 22.8 Å². The van der Waals surface area contributed by atoms with Crippen LogP contribution in [0.1, 0.15) is 15.9 Å². The number of aryl methyl sites for hydroxylation is 1. The van der Waals surface area contributed by atoms with Crippen molar-refractivity contribution in [3.05, 3.63) is 58.4 Å². The summed E-state index contributed by atoms with van der Waals surface area (Å²) < 4.78 is 38.4. The fourth-order valence-electron chi connectivity index (χ4n) is 2.00. The number of hydrogen-bond donors (Lipinski definition) is 2. The molecule has 0 fully saturated rings. The summed E-state index contributed by atoms with van der Waals surface area (Å²) in [6, 6.07) is 7.11. The van der Waals surface area contributed by atoms with Gasteiger partial charge in [0.05, 0.1) is 10.6 Å². The number of benzene rings is 2. The molecule has 0 saturated carbocycles. The first kappa shape index (κ1) is 19.1. The van der Waals surface area contributed by atoms with E-state index in [1.54, 1.807) is 6.92 Å². The molecule has 0 aliphatic carbocycles. The zero-order chi connectivity index (χ0) is 18.6. The van der Waals surface area contributed by atoms with Crippen molar-refractivity contribution in [1.82, 2.24) is 5.32 Å². The van der Waals surface area contributed by atoms with Crippen LogP contribution in [0.3, 0.4) is 0 Å². The fourth-order valence-corrected chi connectivity index (χ4v) is 2.83. The second kappa shape index (κ2) is 8.26. The van der Waals surface area contributed by atoms with Gasteiger partial charge in [0.2, 0.25) is 0 Å². The van der Waals surface area contributed by atoms with Crippen molar-refractivity contribution in [3.8, 4) is 0 Å².